The Labute approximate surface area is 165 Å². The normalized spacial score (nSPS) is 10.8. The zero-order chi connectivity index (χ0) is 20.4. The molecule has 2 aromatic rings. The van der Waals surface area contributed by atoms with E-state index in [4.69, 9.17) is 18.6 Å². The first-order valence-electron chi connectivity index (χ1n) is 10.0. The quantitative estimate of drug-likeness (QED) is 0.280. The second-order valence-corrected chi connectivity index (χ2v) is 6.80. The van der Waals surface area contributed by atoms with Gasteiger partial charge in [0.15, 0.2) is 17.1 Å². The lowest BCUT2D eigenvalue weighted by atomic mass is 10.1. The number of ether oxygens (including phenoxy) is 3. The first-order valence-corrected chi connectivity index (χ1v) is 10.0. The molecule has 0 saturated heterocycles. The maximum Gasteiger partial charge on any atom is 0.383 e. The van der Waals surface area contributed by atoms with Crippen LogP contribution in [0.4, 0.5) is 0 Å². The summed E-state index contributed by atoms with van der Waals surface area (Å²) in [5.74, 6) is -0.177. The van der Waals surface area contributed by atoms with E-state index in [2.05, 4.69) is 6.92 Å². The summed E-state index contributed by atoms with van der Waals surface area (Å²) < 4.78 is 21.5. The van der Waals surface area contributed by atoms with Gasteiger partial charge in [-0.3, -0.25) is 4.79 Å². The Bertz CT molecular complexity index is 824. The van der Waals surface area contributed by atoms with Crippen LogP contribution in [0, 0.1) is 0 Å². The third-order valence-electron chi connectivity index (χ3n) is 4.52. The summed E-state index contributed by atoms with van der Waals surface area (Å²) in [6, 6.07) is 5.21. The lowest BCUT2D eigenvalue weighted by Gasteiger charge is -2.13. The van der Waals surface area contributed by atoms with Crippen LogP contribution in [0.5, 0.6) is 17.2 Å². The van der Waals surface area contributed by atoms with Crippen LogP contribution < -0.4 is 19.8 Å². The zero-order valence-corrected chi connectivity index (χ0v) is 17.0. The highest BCUT2D eigenvalue weighted by Gasteiger charge is 2.21. The van der Waals surface area contributed by atoms with Gasteiger partial charge in [-0.2, -0.15) is 0 Å². The number of hydrogen-bond donors (Lipinski definition) is 0. The second-order valence-electron chi connectivity index (χ2n) is 6.80. The molecule has 6 nitrogen and oxygen atoms in total. The molecule has 1 aromatic carbocycles. The van der Waals surface area contributed by atoms with Crippen LogP contribution in [-0.2, 0) is 4.79 Å². The molecule has 6 heteroatoms. The lowest BCUT2D eigenvalue weighted by molar-refractivity contribution is -0.132. The van der Waals surface area contributed by atoms with Gasteiger partial charge in [0.25, 0.3) is 5.75 Å². The topological polar surface area (TPSA) is 75.0 Å². The van der Waals surface area contributed by atoms with E-state index in [0.29, 0.717) is 17.7 Å². The molecule has 154 valence electrons. The molecule has 0 amide bonds. The van der Waals surface area contributed by atoms with Crippen LogP contribution >= 0.6 is 0 Å². The molecule has 0 saturated carbocycles. The Kier molecular flexibility index (Phi) is 8.85. The minimum Gasteiger partial charge on any atom is -0.493 e. The highest BCUT2D eigenvalue weighted by atomic mass is 16.6. The molecule has 0 radical (unpaired) electrons. The van der Waals surface area contributed by atoms with Gasteiger partial charge < -0.3 is 18.6 Å². The molecule has 0 spiro atoms. The summed E-state index contributed by atoms with van der Waals surface area (Å²) in [5, 5.41) is 0.537. The number of hydrogen-bond acceptors (Lipinski definition) is 6. The molecule has 28 heavy (non-hydrogen) atoms. The van der Waals surface area contributed by atoms with Gasteiger partial charge >= 0.3 is 11.6 Å². The molecule has 1 heterocycles. The molecular weight excluding hydrogens is 360 g/mol. The Hall–Kier alpha value is -2.50. The third-order valence-corrected chi connectivity index (χ3v) is 4.52. The minimum atomic E-state index is -0.766. The maximum absolute atomic E-state index is 12.3. The number of benzene rings is 1. The van der Waals surface area contributed by atoms with E-state index in [0.717, 1.165) is 19.3 Å². The molecule has 0 atom stereocenters. The molecule has 1 aromatic heterocycles. The van der Waals surface area contributed by atoms with Crippen LogP contribution in [0.25, 0.3) is 11.0 Å². The monoisotopic (exact) mass is 390 g/mol. The summed E-state index contributed by atoms with van der Waals surface area (Å²) in [6.45, 7) is 3.88. The van der Waals surface area contributed by atoms with Crippen molar-refractivity contribution in [1.29, 1.82) is 0 Å². The van der Waals surface area contributed by atoms with Gasteiger partial charge in [-0.15, -0.1) is 0 Å². The van der Waals surface area contributed by atoms with E-state index < -0.39 is 11.6 Å². The smallest absolute Gasteiger partial charge is 0.383 e. The van der Waals surface area contributed by atoms with Gasteiger partial charge in [-0.25, -0.2) is 4.79 Å². The molecule has 2 rings (SSSR count). The van der Waals surface area contributed by atoms with E-state index in [-0.39, 0.29) is 17.1 Å². The molecule has 0 N–H and O–H groups in total. The molecule has 0 unspecified atom stereocenters. The summed E-state index contributed by atoms with van der Waals surface area (Å²) in [5.41, 5.74) is -0.491. The van der Waals surface area contributed by atoms with E-state index in [1.807, 2.05) is 0 Å². The van der Waals surface area contributed by atoms with E-state index in [1.165, 1.54) is 46.1 Å². The molecule has 0 aliphatic rings. The Morgan fingerprint density at radius 1 is 1.00 bits per heavy atom. The van der Waals surface area contributed by atoms with Crippen molar-refractivity contribution in [2.75, 3.05) is 13.7 Å². The fourth-order valence-corrected chi connectivity index (χ4v) is 3.10. The van der Waals surface area contributed by atoms with Crippen LogP contribution in [0.2, 0.25) is 0 Å². The standard InChI is InChI=1S/C22H30O6/c1-4-5-6-7-8-9-10-11-15-26-20-17-13-12-14-18(25-3)19(17)28-22(24)21(20)27-16(2)23/h12-14H,4-11,15H2,1-3H3. The first-order chi connectivity index (χ1) is 13.6. The number of para-hydroxylation sites is 1. The van der Waals surface area contributed by atoms with E-state index in [1.54, 1.807) is 18.2 Å². The van der Waals surface area contributed by atoms with Crippen molar-refractivity contribution in [1.82, 2.24) is 0 Å². The number of unbranched alkanes of at least 4 members (excludes halogenated alkanes) is 7. The van der Waals surface area contributed by atoms with Crippen LogP contribution in [0.15, 0.2) is 27.4 Å². The SMILES string of the molecule is CCCCCCCCCCOc1c(OC(C)=O)c(=O)oc2c(OC)cccc12. The van der Waals surface area contributed by atoms with Crippen molar-refractivity contribution in [3.8, 4) is 17.2 Å². The van der Waals surface area contributed by atoms with Gasteiger partial charge in [0.05, 0.1) is 19.1 Å². The first kappa shape index (κ1) is 21.8. The molecular formula is C22H30O6. The van der Waals surface area contributed by atoms with Gasteiger partial charge in [-0.05, 0) is 18.6 Å². The Morgan fingerprint density at radius 2 is 1.68 bits per heavy atom. The number of methoxy groups -OCH3 is 1. The van der Waals surface area contributed by atoms with Crippen molar-refractivity contribution < 1.29 is 23.4 Å². The average Bonchev–Trinajstić information content (AvgIpc) is 2.68. The average molecular weight is 390 g/mol. The second kappa shape index (κ2) is 11.4. The van der Waals surface area contributed by atoms with E-state index in [9.17, 15) is 9.59 Å². The number of rotatable bonds is 12. The Morgan fingerprint density at radius 3 is 2.32 bits per heavy atom. The van der Waals surface area contributed by atoms with Crippen molar-refractivity contribution in [3.63, 3.8) is 0 Å². The largest absolute Gasteiger partial charge is 0.493 e. The van der Waals surface area contributed by atoms with Crippen molar-refractivity contribution in [2.24, 2.45) is 0 Å². The molecule has 0 aliphatic heterocycles. The van der Waals surface area contributed by atoms with Crippen molar-refractivity contribution in [3.05, 3.63) is 28.6 Å². The summed E-state index contributed by atoms with van der Waals surface area (Å²) in [7, 11) is 1.50. The lowest BCUT2D eigenvalue weighted by Crippen LogP contribution is -2.14. The molecule has 0 fully saturated rings. The van der Waals surface area contributed by atoms with E-state index >= 15 is 0 Å². The van der Waals surface area contributed by atoms with Gasteiger partial charge in [0, 0.05) is 6.92 Å². The fourth-order valence-electron chi connectivity index (χ4n) is 3.10. The maximum atomic E-state index is 12.3. The minimum absolute atomic E-state index is 0.215. The highest BCUT2D eigenvalue weighted by Crippen LogP contribution is 2.37. The molecule has 0 aliphatic carbocycles. The number of carbonyl (C=O) groups excluding carboxylic acids is 1. The number of esters is 1. The van der Waals surface area contributed by atoms with Crippen molar-refractivity contribution in [2.45, 2.75) is 65.2 Å². The number of carbonyl (C=O) groups is 1. The summed E-state index contributed by atoms with van der Waals surface area (Å²) >= 11 is 0. The van der Waals surface area contributed by atoms with Gasteiger partial charge in [0.1, 0.15) is 0 Å². The number of fused-ring (bicyclic) bond motifs is 1. The van der Waals surface area contributed by atoms with Crippen molar-refractivity contribution >= 4 is 16.9 Å². The predicted octanol–water partition coefficient (Wildman–Crippen LogP) is 5.25. The van der Waals surface area contributed by atoms with Crippen LogP contribution in [0.1, 0.15) is 65.2 Å². The molecule has 0 bridgehead atoms. The fraction of sp³-hybridized carbons (Fsp3) is 0.545. The summed E-state index contributed by atoms with van der Waals surface area (Å²) in [4.78, 5) is 23.8. The van der Waals surface area contributed by atoms with Gasteiger partial charge in [0.2, 0.25) is 0 Å². The summed E-state index contributed by atoms with van der Waals surface area (Å²) in [6.07, 6.45) is 9.43. The van der Waals surface area contributed by atoms with Gasteiger partial charge in [-0.1, -0.05) is 57.9 Å². The highest BCUT2D eigenvalue weighted by molar-refractivity contribution is 5.90. The van der Waals surface area contributed by atoms with Crippen LogP contribution in [0.3, 0.4) is 0 Å². The Balaban J connectivity index is 2.08. The zero-order valence-electron chi connectivity index (χ0n) is 17.0. The third kappa shape index (κ3) is 6.01. The van der Waals surface area contributed by atoms with Crippen LogP contribution in [-0.4, -0.2) is 19.7 Å². The predicted molar refractivity (Wildman–Crippen MR) is 108 cm³/mol.